The quantitative estimate of drug-likeness (QED) is 0.728. The molecule has 19 heavy (non-hydrogen) atoms. The number of aldehydes is 2. The Morgan fingerprint density at radius 1 is 1.16 bits per heavy atom. The molecular formula is C15H11NO3. The van der Waals surface area contributed by atoms with E-state index in [1.54, 1.807) is 13.2 Å². The third-order valence-electron chi connectivity index (χ3n) is 3.32. The number of carbonyl (C=O) groups is 2. The minimum absolute atomic E-state index is 0.419. The molecule has 3 aromatic rings. The molecule has 0 aliphatic heterocycles. The second kappa shape index (κ2) is 4.24. The van der Waals surface area contributed by atoms with E-state index in [9.17, 15) is 9.59 Å². The molecule has 0 saturated carbocycles. The van der Waals surface area contributed by atoms with Crippen molar-refractivity contribution < 1.29 is 14.0 Å². The largest absolute Gasteiger partial charge is 0.464 e. The third-order valence-corrected chi connectivity index (χ3v) is 3.32. The molecule has 0 radical (unpaired) electrons. The number of aromatic nitrogens is 1. The van der Waals surface area contributed by atoms with Gasteiger partial charge in [-0.05, 0) is 18.6 Å². The number of para-hydroxylation sites is 1. The number of carbonyl (C=O) groups excluding carboxylic acids is 2. The number of rotatable bonds is 3. The molecular weight excluding hydrogens is 242 g/mol. The standard InChI is InChI=1S/C15H11NO3/c1-9-11(6-17)15(16-13(9)7-18)12-8-19-14-5-3-2-4-10(12)14/h2-8,16H,1H3. The average molecular weight is 253 g/mol. The lowest BCUT2D eigenvalue weighted by molar-refractivity contribution is 0.111. The molecule has 94 valence electrons. The normalized spacial score (nSPS) is 10.8. The van der Waals surface area contributed by atoms with Crippen LogP contribution in [0, 0.1) is 6.92 Å². The van der Waals surface area contributed by atoms with Crippen LogP contribution in [0.2, 0.25) is 0 Å². The van der Waals surface area contributed by atoms with Crippen LogP contribution < -0.4 is 0 Å². The zero-order chi connectivity index (χ0) is 13.4. The van der Waals surface area contributed by atoms with Gasteiger partial charge in [-0.15, -0.1) is 0 Å². The number of H-pyrrole nitrogens is 1. The van der Waals surface area contributed by atoms with Crippen molar-refractivity contribution in [3.63, 3.8) is 0 Å². The number of hydrogen-bond donors (Lipinski definition) is 1. The molecule has 4 heteroatoms. The smallest absolute Gasteiger partial charge is 0.166 e. The van der Waals surface area contributed by atoms with Crippen molar-refractivity contribution in [3.8, 4) is 11.3 Å². The summed E-state index contributed by atoms with van der Waals surface area (Å²) in [5, 5.41) is 0.907. The van der Waals surface area contributed by atoms with Crippen molar-refractivity contribution in [2.75, 3.05) is 0 Å². The monoisotopic (exact) mass is 253 g/mol. The molecule has 2 aromatic heterocycles. The molecule has 1 aromatic carbocycles. The summed E-state index contributed by atoms with van der Waals surface area (Å²) in [7, 11) is 0. The van der Waals surface area contributed by atoms with Crippen LogP contribution in [0.3, 0.4) is 0 Å². The van der Waals surface area contributed by atoms with E-state index in [0.717, 1.165) is 22.8 Å². The lowest BCUT2D eigenvalue weighted by Crippen LogP contribution is -1.85. The minimum Gasteiger partial charge on any atom is -0.464 e. The molecule has 4 nitrogen and oxygen atoms in total. The molecule has 0 saturated heterocycles. The minimum atomic E-state index is 0.419. The van der Waals surface area contributed by atoms with Crippen LogP contribution >= 0.6 is 0 Å². The van der Waals surface area contributed by atoms with Gasteiger partial charge in [0.1, 0.15) is 11.8 Å². The number of nitrogens with one attached hydrogen (secondary N) is 1. The van der Waals surface area contributed by atoms with Crippen molar-refractivity contribution in [1.29, 1.82) is 0 Å². The van der Waals surface area contributed by atoms with Crippen LogP contribution in [0.5, 0.6) is 0 Å². The first-order chi connectivity index (χ1) is 9.26. The van der Waals surface area contributed by atoms with Gasteiger partial charge < -0.3 is 9.40 Å². The highest BCUT2D eigenvalue weighted by atomic mass is 16.3. The van der Waals surface area contributed by atoms with Gasteiger partial charge in [-0.2, -0.15) is 0 Å². The Kier molecular flexibility index (Phi) is 2.56. The lowest BCUT2D eigenvalue weighted by Gasteiger charge is -1.96. The topological polar surface area (TPSA) is 63.1 Å². The molecule has 3 rings (SSSR count). The van der Waals surface area contributed by atoms with Gasteiger partial charge in [-0.1, -0.05) is 18.2 Å². The number of fused-ring (bicyclic) bond motifs is 1. The summed E-state index contributed by atoms with van der Waals surface area (Å²) in [6, 6.07) is 7.56. The van der Waals surface area contributed by atoms with Crippen LogP contribution in [0.1, 0.15) is 26.4 Å². The van der Waals surface area contributed by atoms with E-state index < -0.39 is 0 Å². The van der Waals surface area contributed by atoms with Crippen molar-refractivity contribution in [1.82, 2.24) is 4.98 Å². The van der Waals surface area contributed by atoms with Crippen LogP contribution in [0.4, 0.5) is 0 Å². The first-order valence-corrected chi connectivity index (χ1v) is 5.85. The molecule has 2 heterocycles. The van der Waals surface area contributed by atoms with Gasteiger partial charge in [0.15, 0.2) is 12.6 Å². The van der Waals surface area contributed by atoms with Crippen LogP contribution in [-0.2, 0) is 0 Å². The van der Waals surface area contributed by atoms with Crippen molar-refractivity contribution >= 4 is 23.5 Å². The predicted molar refractivity (Wildman–Crippen MR) is 71.5 cm³/mol. The number of aromatic amines is 1. The summed E-state index contributed by atoms with van der Waals surface area (Å²) < 4.78 is 5.46. The Bertz CT molecular complexity index is 780. The molecule has 0 amide bonds. The fourth-order valence-corrected chi connectivity index (χ4v) is 2.28. The fraction of sp³-hybridized carbons (Fsp3) is 0.0667. The molecule has 0 atom stereocenters. The number of furan rings is 1. The van der Waals surface area contributed by atoms with E-state index in [4.69, 9.17) is 4.42 Å². The zero-order valence-electron chi connectivity index (χ0n) is 10.3. The van der Waals surface area contributed by atoms with Gasteiger partial charge in [0.2, 0.25) is 0 Å². The zero-order valence-corrected chi connectivity index (χ0v) is 10.3. The summed E-state index contributed by atoms with van der Waals surface area (Å²) in [6.45, 7) is 1.75. The predicted octanol–water partition coefficient (Wildman–Crippen LogP) is 3.36. The molecule has 0 aliphatic carbocycles. The maximum atomic E-state index is 11.2. The molecule has 0 unspecified atom stereocenters. The summed E-state index contributed by atoms with van der Waals surface area (Å²) >= 11 is 0. The van der Waals surface area contributed by atoms with Gasteiger partial charge in [-0.3, -0.25) is 9.59 Å². The molecule has 0 aliphatic rings. The van der Waals surface area contributed by atoms with Gasteiger partial charge in [0.05, 0.1) is 11.4 Å². The highest BCUT2D eigenvalue weighted by Crippen LogP contribution is 2.33. The van der Waals surface area contributed by atoms with Gasteiger partial charge in [-0.25, -0.2) is 0 Å². The van der Waals surface area contributed by atoms with E-state index >= 15 is 0 Å². The Balaban J connectivity index is 2.32. The van der Waals surface area contributed by atoms with Crippen molar-refractivity contribution in [2.45, 2.75) is 6.92 Å². The van der Waals surface area contributed by atoms with E-state index in [-0.39, 0.29) is 0 Å². The Hall–Kier alpha value is -2.62. The van der Waals surface area contributed by atoms with Gasteiger partial charge >= 0.3 is 0 Å². The molecule has 0 spiro atoms. The van der Waals surface area contributed by atoms with E-state index in [2.05, 4.69) is 4.98 Å². The second-order valence-electron chi connectivity index (χ2n) is 4.33. The number of hydrogen-bond acceptors (Lipinski definition) is 3. The van der Waals surface area contributed by atoms with Crippen molar-refractivity contribution in [2.24, 2.45) is 0 Å². The Morgan fingerprint density at radius 2 is 1.95 bits per heavy atom. The number of benzene rings is 1. The maximum absolute atomic E-state index is 11.2. The van der Waals surface area contributed by atoms with E-state index in [1.807, 2.05) is 24.3 Å². The van der Waals surface area contributed by atoms with Gasteiger partial charge in [0, 0.05) is 16.5 Å². The van der Waals surface area contributed by atoms with Gasteiger partial charge in [0.25, 0.3) is 0 Å². The third kappa shape index (κ3) is 1.61. The van der Waals surface area contributed by atoms with Crippen LogP contribution in [0.15, 0.2) is 34.9 Å². The molecule has 1 N–H and O–H groups in total. The first-order valence-electron chi connectivity index (χ1n) is 5.85. The van der Waals surface area contributed by atoms with E-state index in [1.165, 1.54) is 0 Å². The summed E-state index contributed by atoms with van der Waals surface area (Å²) in [6.07, 6.45) is 3.07. The Morgan fingerprint density at radius 3 is 2.68 bits per heavy atom. The first kappa shape index (κ1) is 11.5. The summed E-state index contributed by atoms with van der Waals surface area (Å²) in [5.74, 6) is 0. The molecule has 0 bridgehead atoms. The SMILES string of the molecule is Cc1c(C=O)[nH]c(-c2coc3ccccc23)c1C=O. The van der Waals surface area contributed by atoms with Crippen LogP contribution in [-0.4, -0.2) is 17.6 Å². The fourth-order valence-electron chi connectivity index (χ4n) is 2.28. The highest BCUT2D eigenvalue weighted by molar-refractivity contribution is 6.00. The lowest BCUT2D eigenvalue weighted by atomic mass is 10.1. The van der Waals surface area contributed by atoms with E-state index in [0.29, 0.717) is 28.8 Å². The highest BCUT2D eigenvalue weighted by Gasteiger charge is 2.18. The van der Waals surface area contributed by atoms with Crippen molar-refractivity contribution in [3.05, 3.63) is 47.3 Å². The summed E-state index contributed by atoms with van der Waals surface area (Å²) in [4.78, 5) is 25.2. The average Bonchev–Trinajstić information content (AvgIpc) is 2.99. The Labute approximate surface area is 109 Å². The molecule has 0 fully saturated rings. The maximum Gasteiger partial charge on any atom is 0.166 e. The second-order valence-corrected chi connectivity index (χ2v) is 4.33. The summed E-state index contributed by atoms with van der Waals surface area (Å²) in [5.41, 5.74) is 3.73. The van der Waals surface area contributed by atoms with Crippen LogP contribution in [0.25, 0.3) is 22.2 Å².